The molecule has 23 heavy (non-hydrogen) atoms. The highest BCUT2D eigenvalue weighted by Crippen LogP contribution is 2.23. The zero-order valence-corrected chi connectivity index (χ0v) is 13.7. The number of rotatable bonds is 5. The summed E-state index contributed by atoms with van der Waals surface area (Å²) < 4.78 is 0. The summed E-state index contributed by atoms with van der Waals surface area (Å²) in [7, 11) is 0. The average Bonchev–Trinajstić information content (AvgIpc) is 3.10. The summed E-state index contributed by atoms with van der Waals surface area (Å²) in [5, 5.41) is 3.16. The number of nitrogens with zero attached hydrogens (tertiary/aromatic N) is 1. The molecule has 1 amide bonds. The van der Waals surface area contributed by atoms with Crippen molar-refractivity contribution in [3.63, 3.8) is 0 Å². The molecule has 3 rings (SSSR count). The van der Waals surface area contributed by atoms with E-state index in [0.717, 1.165) is 23.2 Å². The Morgan fingerprint density at radius 1 is 1.04 bits per heavy atom. The van der Waals surface area contributed by atoms with Crippen LogP contribution >= 0.6 is 11.3 Å². The first-order chi connectivity index (χ1) is 11.3. The van der Waals surface area contributed by atoms with E-state index in [1.54, 1.807) is 5.51 Å². The topological polar surface area (TPSA) is 42.0 Å². The molecule has 116 valence electrons. The summed E-state index contributed by atoms with van der Waals surface area (Å²) in [6, 6.07) is 19.9. The van der Waals surface area contributed by atoms with E-state index in [1.807, 2.05) is 67.6 Å². The second-order valence-corrected chi connectivity index (χ2v) is 6.06. The Morgan fingerprint density at radius 2 is 1.61 bits per heavy atom. The van der Waals surface area contributed by atoms with Crippen LogP contribution in [-0.2, 0) is 6.42 Å². The van der Waals surface area contributed by atoms with Crippen molar-refractivity contribution < 1.29 is 4.79 Å². The number of nitrogens with one attached hydrogen (secondary N) is 1. The first kappa shape index (κ1) is 15.4. The molecule has 1 heterocycles. The Hall–Kier alpha value is -2.46. The highest BCUT2D eigenvalue weighted by Gasteiger charge is 2.20. The van der Waals surface area contributed by atoms with Gasteiger partial charge in [0, 0.05) is 0 Å². The fourth-order valence-corrected chi connectivity index (χ4v) is 3.34. The Kier molecular flexibility index (Phi) is 4.83. The molecule has 0 saturated heterocycles. The quantitative estimate of drug-likeness (QED) is 0.764. The molecule has 0 spiro atoms. The van der Waals surface area contributed by atoms with Gasteiger partial charge >= 0.3 is 0 Å². The number of thiazole rings is 1. The standard InChI is InChI=1S/C19H18N2OS/c1-2-16-18(23-13-20-16)19(22)21-17(14-9-5-3-6-10-14)15-11-7-4-8-12-15/h3-13,17H,2H2,1H3,(H,21,22). The Balaban J connectivity index is 1.92. The van der Waals surface area contributed by atoms with Crippen LogP contribution < -0.4 is 5.32 Å². The zero-order chi connectivity index (χ0) is 16.1. The van der Waals surface area contributed by atoms with Gasteiger partial charge in [0.15, 0.2) is 0 Å². The average molecular weight is 322 g/mol. The molecule has 2 aromatic carbocycles. The van der Waals surface area contributed by atoms with Gasteiger partial charge in [-0.2, -0.15) is 0 Å². The summed E-state index contributed by atoms with van der Waals surface area (Å²) in [6.07, 6.45) is 0.758. The maximum Gasteiger partial charge on any atom is 0.264 e. The van der Waals surface area contributed by atoms with Gasteiger partial charge in [0.2, 0.25) is 0 Å². The van der Waals surface area contributed by atoms with E-state index >= 15 is 0 Å². The van der Waals surface area contributed by atoms with Crippen molar-refractivity contribution in [2.45, 2.75) is 19.4 Å². The van der Waals surface area contributed by atoms with Crippen LogP contribution in [0.15, 0.2) is 66.2 Å². The van der Waals surface area contributed by atoms with Crippen LogP contribution in [0.4, 0.5) is 0 Å². The minimum atomic E-state index is -0.170. The molecule has 0 fully saturated rings. The number of aromatic nitrogens is 1. The predicted molar refractivity (Wildman–Crippen MR) is 93.7 cm³/mol. The van der Waals surface area contributed by atoms with Crippen molar-refractivity contribution >= 4 is 17.2 Å². The Morgan fingerprint density at radius 3 is 2.13 bits per heavy atom. The predicted octanol–water partition coefficient (Wildman–Crippen LogP) is 4.22. The van der Waals surface area contributed by atoms with Gasteiger partial charge in [-0.05, 0) is 17.5 Å². The molecule has 3 aromatic rings. The monoisotopic (exact) mass is 322 g/mol. The lowest BCUT2D eigenvalue weighted by molar-refractivity contribution is 0.0946. The highest BCUT2D eigenvalue weighted by molar-refractivity contribution is 7.11. The van der Waals surface area contributed by atoms with Gasteiger partial charge in [-0.25, -0.2) is 4.98 Å². The molecule has 4 heteroatoms. The first-order valence-corrected chi connectivity index (χ1v) is 8.50. The third-order valence-corrected chi connectivity index (χ3v) is 4.59. The highest BCUT2D eigenvalue weighted by atomic mass is 32.1. The number of aryl methyl sites for hydroxylation is 1. The summed E-state index contributed by atoms with van der Waals surface area (Å²) in [4.78, 5) is 17.7. The van der Waals surface area contributed by atoms with E-state index in [2.05, 4.69) is 10.3 Å². The van der Waals surface area contributed by atoms with E-state index in [9.17, 15) is 4.79 Å². The van der Waals surface area contributed by atoms with Crippen molar-refractivity contribution in [3.05, 3.63) is 87.9 Å². The first-order valence-electron chi connectivity index (χ1n) is 7.62. The van der Waals surface area contributed by atoms with Gasteiger partial charge in [-0.15, -0.1) is 11.3 Å². The van der Waals surface area contributed by atoms with Crippen LogP contribution in [0.5, 0.6) is 0 Å². The third kappa shape index (κ3) is 3.48. The SMILES string of the molecule is CCc1ncsc1C(=O)NC(c1ccccc1)c1ccccc1. The van der Waals surface area contributed by atoms with E-state index in [1.165, 1.54) is 11.3 Å². The number of hydrogen-bond donors (Lipinski definition) is 1. The summed E-state index contributed by atoms with van der Waals surface area (Å²) in [5.41, 5.74) is 4.71. The van der Waals surface area contributed by atoms with E-state index in [4.69, 9.17) is 0 Å². The van der Waals surface area contributed by atoms with Crippen LogP contribution in [-0.4, -0.2) is 10.9 Å². The van der Waals surface area contributed by atoms with Gasteiger partial charge in [0.05, 0.1) is 17.2 Å². The fraction of sp³-hybridized carbons (Fsp3) is 0.158. The second-order valence-electron chi connectivity index (χ2n) is 5.21. The van der Waals surface area contributed by atoms with Crippen molar-refractivity contribution in [2.75, 3.05) is 0 Å². The normalized spacial score (nSPS) is 10.7. The fourth-order valence-electron chi connectivity index (χ4n) is 2.55. The molecule has 0 atom stereocenters. The summed E-state index contributed by atoms with van der Waals surface area (Å²) in [5.74, 6) is -0.0675. The van der Waals surface area contributed by atoms with Gasteiger partial charge in [-0.3, -0.25) is 4.79 Å². The minimum Gasteiger partial charge on any atom is -0.340 e. The lowest BCUT2D eigenvalue weighted by atomic mass is 9.98. The lowest BCUT2D eigenvalue weighted by Gasteiger charge is -2.19. The van der Waals surface area contributed by atoms with Gasteiger partial charge in [0.1, 0.15) is 4.88 Å². The van der Waals surface area contributed by atoms with Crippen molar-refractivity contribution in [1.29, 1.82) is 0 Å². The second kappa shape index (κ2) is 7.20. The number of benzene rings is 2. The molecule has 0 aliphatic rings. The van der Waals surface area contributed by atoms with Crippen molar-refractivity contribution in [2.24, 2.45) is 0 Å². The molecule has 1 N–H and O–H groups in total. The van der Waals surface area contributed by atoms with E-state index in [0.29, 0.717) is 4.88 Å². The number of amides is 1. The Bertz CT molecular complexity index is 729. The van der Waals surface area contributed by atoms with Crippen LogP contribution in [0.3, 0.4) is 0 Å². The molecule has 0 aliphatic carbocycles. The summed E-state index contributed by atoms with van der Waals surface area (Å²) >= 11 is 1.39. The maximum atomic E-state index is 12.7. The number of carbonyl (C=O) groups excluding carboxylic acids is 1. The molecule has 3 nitrogen and oxygen atoms in total. The molecule has 0 aliphatic heterocycles. The van der Waals surface area contributed by atoms with Crippen LogP contribution in [0, 0.1) is 0 Å². The number of carbonyl (C=O) groups is 1. The molecule has 0 bridgehead atoms. The molecular weight excluding hydrogens is 304 g/mol. The number of hydrogen-bond acceptors (Lipinski definition) is 3. The van der Waals surface area contributed by atoms with Crippen molar-refractivity contribution in [1.82, 2.24) is 10.3 Å². The van der Waals surface area contributed by atoms with Crippen LogP contribution in [0.1, 0.15) is 39.5 Å². The Labute approximate surface area is 140 Å². The van der Waals surface area contributed by atoms with Crippen LogP contribution in [0.25, 0.3) is 0 Å². The van der Waals surface area contributed by atoms with Gasteiger partial charge in [-0.1, -0.05) is 67.6 Å². The van der Waals surface area contributed by atoms with E-state index in [-0.39, 0.29) is 11.9 Å². The zero-order valence-electron chi connectivity index (χ0n) is 12.9. The lowest BCUT2D eigenvalue weighted by Crippen LogP contribution is -2.29. The maximum absolute atomic E-state index is 12.7. The van der Waals surface area contributed by atoms with Gasteiger partial charge < -0.3 is 5.32 Å². The molecule has 0 radical (unpaired) electrons. The molecule has 0 unspecified atom stereocenters. The largest absolute Gasteiger partial charge is 0.340 e. The molecule has 1 aromatic heterocycles. The van der Waals surface area contributed by atoms with Crippen LogP contribution in [0.2, 0.25) is 0 Å². The third-order valence-electron chi connectivity index (χ3n) is 3.72. The van der Waals surface area contributed by atoms with Gasteiger partial charge in [0.25, 0.3) is 5.91 Å². The molecular formula is C19H18N2OS. The summed E-state index contributed by atoms with van der Waals surface area (Å²) in [6.45, 7) is 2.01. The smallest absolute Gasteiger partial charge is 0.264 e. The van der Waals surface area contributed by atoms with E-state index < -0.39 is 0 Å². The minimum absolute atomic E-state index is 0.0675. The molecule has 0 saturated carbocycles. The van der Waals surface area contributed by atoms with Crippen molar-refractivity contribution in [3.8, 4) is 0 Å².